The van der Waals surface area contributed by atoms with Crippen molar-refractivity contribution in [3.63, 3.8) is 0 Å². The number of carbonyl (C=O) groups is 1. The molecular formula is C14H12N2O2. The molecule has 0 bridgehead atoms. The molecule has 0 atom stereocenters. The van der Waals surface area contributed by atoms with E-state index in [9.17, 15) is 9.90 Å². The standard InChI is InChI=1S/C14H12N2O2/c1-7-6-10-11-8(12(7)17)4-3-5-9(11)13(15-2)16-14(10)18/h3-6,17H,1-2H3,(H,15,16,18). The number of phenolic OH excluding ortho intramolecular Hbond substituents is 1. The first-order valence-corrected chi connectivity index (χ1v) is 5.67. The van der Waals surface area contributed by atoms with E-state index in [-0.39, 0.29) is 11.7 Å². The number of nitrogens with one attached hydrogen (secondary N) is 1. The molecule has 0 radical (unpaired) electrons. The summed E-state index contributed by atoms with van der Waals surface area (Å²) in [5.74, 6) is 0.588. The highest BCUT2D eigenvalue weighted by molar-refractivity contribution is 6.27. The highest BCUT2D eigenvalue weighted by Crippen LogP contribution is 2.35. The molecule has 3 rings (SSSR count). The van der Waals surface area contributed by atoms with E-state index in [1.807, 2.05) is 18.2 Å². The molecule has 4 nitrogen and oxygen atoms in total. The highest BCUT2D eigenvalue weighted by atomic mass is 16.3. The molecule has 1 amide bonds. The first-order valence-electron chi connectivity index (χ1n) is 5.67. The van der Waals surface area contributed by atoms with Gasteiger partial charge >= 0.3 is 0 Å². The first kappa shape index (κ1) is 10.8. The molecule has 0 unspecified atom stereocenters. The summed E-state index contributed by atoms with van der Waals surface area (Å²) in [5.41, 5.74) is 2.13. The van der Waals surface area contributed by atoms with Gasteiger partial charge in [-0.1, -0.05) is 18.2 Å². The minimum atomic E-state index is -0.178. The van der Waals surface area contributed by atoms with Crippen LogP contribution in [0.1, 0.15) is 21.5 Å². The number of benzene rings is 2. The molecule has 2 N–H and O–H groups in total. The quantitative estimate of drug-likeness (QED) is 0.739. The van der Waals surface area contributed by atoms with E-state index in [0.29, 0.717) is 22.3 Å². The molecule has 1 aliphatic rings. The van der Waals surface area contributed by atoms with Gasteiger partial charge in [-0.3, -0.25) is 9.79 Å². The minimum absolute atomic E-state index is 0.178. The number of hydrogen-bond acceptors (Lipinski definition) is 3. The van der Waals surface area contributed by atoms with E-state index in [1.165, 1.54) is 0 Å². The number of aryl methyl sites for hydroxylation is 1. The molecule has 0 aliphatic carbocycles. The van der Waals surface area contributed by atoms with E-state index in [2.05, 4.69) is 10.3 Å². The fourth-order valence-electron chi connectivity index (χ4n) is 2.40. The van der Waals surface area contributed by atoms with Gasteiger partial charge in [0.05, 0.1) is 0 Å². The predicted molar refractivity (Wildman–Crippen MR) is 70.3 cm³/mol. The first-order chi connectivity index (χ1) is 8.63. The molecule has 90 valence electrons. The van der Waals surface area contributed by atoms with Crippen LogP contribution in [0.2, 0.25) is 0 Å². The van der Waals surface area contributed by atoms with Gasteiger partial charge in [0.15, 0.2) is 0 Å². The van der Waals surface area contributed by atoms with E-state index in [1.54, 1.807) is 20.0 Å². The Labute approximate surface area is 104 Å². The Bertz CT molecular complexity index is 717. The number of phenols is 1. The maximum atomic E-state index is 12.0. The van der Waals surface area contributed by atoms with Crippen molar-refractivity contribution in [1.82, 2.24) is 5.32 Å². The molecule has 0 aromatic heterocycles. The normalized spacial score (nSPS) is 16.1. The summed E-state index contributed by atoms with van der Waals surface area (Å²) in [5, 5.41) is 14.3. The van der Waals surface area contributed by atoms with E-state index in [4.69, 9.17) is 0 Å². The van der Waals surface area contributed by atoms with Crippen LogP contribution < -0.4 is 5.32 Å². The second-order valence-electron chi connectivity index (χ2n) is 4.34. The maximum absolute atomic E-state index is 12.0. The lowest BCUT2D eigenvalue weighted by Crippen LogP contribution is -2.35. The molecule has 0 fully saturated rings. The molecule has 1 aliphatic heterocycles. The van der Waals surface area contributed by atoms with Crippen molar-refractivity contribution in [1.29, 1.82) is 0 Å². The number of carbonyl (C=O) groups excluding carboxylic acids is 1. The second kappa shape index (κ2) is 3.57. The summed E-state index contributed by atoms with van der Waals surface area (Å²) in [4.78, 5) is 16.1. The lowest BCUT2D eigenvalue weighted by atomic mass is 9.92. The zero-order chi connectivity index (χ0) is 12.9. The number of rotatable bonds is 0. The number of aromatic hydroxyl groups is 1. The highest BCUT2D eigenvalue weighted by Gasteiger charge is 2.24. The third-order valence-electron chi connectivity index (χ3n) is 3.28. The summed E-state index contributed by atoms with van der Waals surface area (Å²) >= 11 is 0. The molecule has 4 heteroatoms. The van der Waals surface area contributed by atoms with Crippen molar-refractivity contribution in [2.24, 2.45) is 4.99 Å². The zero-order valence-electron chi connectivity index (χ0n) is 10.1. The largest absolute Gasteiger partial charge is 0.507 e. The Hall–Kier alpha value is -2.36. The molecule has 0 saturated carbocycles. The predicted octanol–water partition coefficient (Wildman–Crippen LogP) is 1.97. The van der Waals surface area contributed by atoms with Crippen molar-refractivity contribution in [2.45, 2.75) is 6.92 Å². The number of aliphatic imine (C=N–C) groups is 1. The Kier molecular flexibility index (Phi) is 2.13. The Morgan fingerprint density at radius 3 is 2.78 bits per heavy atom. The monoisotopic (exact) mass is 240 g/mol. The topological polar surface area (TPSA) is 61.7 Å². The average Bonchev–Trinajstić information content (AvgIpc) is 2.38. The van der Waals surface area contributed by atoms with Gasteiger partial charge in [0.1, 0.15) is 11.6 Å². The van der Waals surface area contributed by atoms with Crippen molar-refractivity contribution < 1.29 is 9.90 Å². The Balaban J connectivity index is 2.56. The summed E-state index contributed by atoms with van der Waals surface area (Å²) in [6.07, 6.45) is 0. The van der Waals surface area contributed by atoms with Gasteiger partial charge < -0.3 is 10.4 Å². The number of amidine groups is 1. The molecule has 2 aromatic rings. The van der Waals surface area contributed by atoms with Crippen molar-refractivity contribution in [3.8, 4) is 5.75 Å². The fourth-order valence-corrected chi connectivity index (χ4v) is 2.40. The van der Waals surface area contributed by atoms with Crippen LogP contribution in [0.5, 0.6) is 5.75 Å². The van der Waals surface area contributed by atoms with Crippen LogP contribution in [-0.2, 0) is 0 Å². The lowest BCUT2D eigenvalue weighted by molar-refractivity contribution is 0.0977. The number of amides is 1. The SMILES string of the molecule is CN=C1NC(=O)c2cc(C)c(O)c3cccc1c23. The van der Waals surface area contributed by atoms with Gasteiger partial charge in [0, 0.05) is 28.9 Å². The average molecular weight is 240 g/mol. The van der Waals surface area contributed by atoms with Crippen LogP contribution in [0, 0.1) is 6.92 Å². The molecule has 2 aromatic carbocycles. The summed E-state index contributed by atoms with van der Waals surface area (Å²) in [6, 6.07) is 7.27. The molecule has 0 spiro atoms. The van der Waals surface area contributed by atoms with Crippen LogP contribution in [0.15, 0.2) is 29.3 Å². The fraction of sp³-hybridized carbons (Fsp3) is 0.143. The van der Waals surface area contributed by atoms with Gasteiger partial charge in [-0.2, -0.15) is 0 Å². The van der Waals surface area contributed by atoms with Gasteiger partial charge in [0.25, 0.3) is 5.91 Å². The van der Waals surface area contributed by atoms with Crippen LogP contribution in [0.3, 0.4) is 0 Å². The third kappa shape index (κ3) is 1.26. The van der Waals surface area contributed by atoms with E-state index in [0.717, 1.165) is 10.9 Å². The van der Waals surface area contributed by atoms with Crippen LogP contribution in [0.4, 0.5) is 0 Å². The van der Waals surface area contributed by atoms with Gasteiger partial charge in [-0.25, -0.2) is 0 Å². The van der Waals surface area contributed by atoms with Gasteiger partial charge in [0.2, 0.25) is 0 Å². The zero-order valence-corrected chi connectivity index (χ0v) is 10.1. The van der Waals surface area contributed by atoms with E-state index >= 15 is 0 Å². The Morgan fingerprint density at radius 1 is 1.28 bits per heavy atom. The molecule has 1 heterocycles. The van der Waals surface area contributed by atoms with Crippen molar-refractivity contribution in [3.05, 3.63) is 41.0 Å². The number of hydrogen-bond donors (Lipinski definition) is 2. The second-order valence-corrected chi connectivity index (χ2v) is 4.34. The van der Waals surface area contributed by atoms with Crippen LogP contribution in [-0.4, -0.2) is 23.9 Å². The van der Waals surface area contributed by atoms with Crippen molar-refractivity contribution in [2.75, 3.05) is 7.05 Å². The van der Waals surface area contributed by atoms with Gasteiger partial charge in [-0.15, -0.1) is 0 Å². The molecule has 0 saturated heterocycles. The smallest absolute Gasteiger partial charge is 0.257 e. The minimum Gasteiger partial charge on any atom is -0.507 e. The van der Waals surface area contributed by atoms with Crippen molar-refractivity contribution >= 4 is 22.5 Å². The Morgan fingerprint density at radius 2 is 2.06 bits per heavy atom. The van der Waals surface area contributed by atoms with Gasteiger partial charge in [-0.05, 0) is 18.6 Å². The molecular weight excluding hydrogens is 228 g/mol. The van der Waals surface area contributed by atoms with Crippen LogP contribution in [0.25, 0.3) is 10.8 Å². The molecule has 18 heavy (non-hydrogen) atoms. The van der Waals surface area contributed by atoms with E-state index < -0.39 is 0 Å². The third-order valence-corrected chi connectivity index (χ3v) is 3.28. The summed E-state index contributed by atoms with van der Waals surface area (Å²) in [6.45, 7) is 1.79. The maximum Gasteiger partial charge on any atom is 0.257 e. The summed E-state index contributed by atoms with van der Waals surface area (Å²) in [7, 11) is 1.63. The number of nitrogens with zero attached hydrogens (tertiary/aromatic N) is 1. The summed E-state index contributed by atoms with van der Waals surface area (Å²) < 4.78 is 0. The van der Waals surface area contributed by atoms with Crippen LogP contribution >= 0.6 is 0 Å². The lowest BCUT2D eigenvalue weighted by Gasteiger charge is -2.20.